The minimum Gasteiger partial charge on any atom is -0.504 e. The van der Waals surface area contributed by atoms with E-state index in [9.17, 15) is 19.8 Å². The number of rotatable bonds is 4. The average Bonchev–Trinajstić information content (AvgIpc) is 3.17. The summed E-state index contributed by atoms with van der Waals surface area (Å²) in [7, 11) is 0. The van der Waals surface area contributed by atoms with Crippen molar-refractivity contribution in [3.63, 3.8) is 0 Å². The Kier molecular flexibility index (Phi) is 4.71. The van der Waals surface area contributed by atoms with Gasteiger partial charge < -0.3 is 15.1 Å². The third-order valence-corrected chi connectivity index (χ3v) is 4.94. The van der Waals surface area contributed by atoms with Crippen LogP contribution in [0.2, 0.25) is 0 Å². The number of likely N-dealkylation sites (tertiary alicyclic amines) is 1. The molecule has 1 saturated heterocycles. The van der Waals surface area contributed by atoms with Crippen molar-refractivity contribution in [1.82, 2.24) is 14.7 Å². The Morgan fingerprint density at radius 3 is 2.38 bits per heavy atom. The van der Waals surface area contributed by atoms with E-state index in [1.165, 1.54) is 21.3 Å². The lowest BCUT2D eigenvalue weighted by Gasteiger charge is -2.14. The van der Waals surface area contributed by atoms with Crippen molar-refractivity contribution in [3.8, 4) is 11.4 Å². The molecule has 0 bridgehead atoms. The molecule has 1 aliphatic rings. The first-order valence-electron chi connectivity index (χ1n) is 8.69. The standard InChI is InChI=1S/C19H23N3O4/c1-11(2)13-4-6-14(7-5-13)22-10-16(23)17(20-22)18(24)21-8-12(3)15(9-21)19(25)26/h4-7,10-12,15,23H,8-9H2,1-3H3,(H,25,26)/t12-,15-/m1/s1. The number of hydrogen-bond donors (Lipinski definition) is 2. The monoisotopic (exact) mass is 357 g/mol. The van der Waals surface area contributed by atoms with Gasteiger partial charge >= 0.3 is 5.97 Å². The highest BCUT2D eigenvalue weighted by atomic mass is 16.4. The van der Waals surface area contributed by atoms with Crippen LogP contribution in [0.4, 0.5) is 0 Å². The number of nitrogens with zero attached hydrogens (tertiary/aromatic N) is 3. The summed E-state index contributed by atoms with van der Waals surface area (Å²) in [6.45, 7) is 6.48. The molecule has 0 aliphatic carbocycles. The lowest BCUT2D eigenvalue weighted by Crippen LogP contribution is -2.30. The van der Waals surface area contributed by atoms with Gasteiger partial charge in [-0.15, -0.1) is 0 Å². The lowest BCUT2D eigenvalue weighted by molar-refractivity contribution is -0.142. The SMILES string of the molecule is CC(C)c1ccc(-n2cc(O)c(C(=O)N3C[C@@H](C)[C@H](C(=O)O)C3)n2)cc1. The Hall–Kier alpha value is -2.83. The zero-order chi connectivity index (χ0) is 19.0. The zero-order valence-electron chi connectivity index (χ0n) is 15.1. The molecule has 26 heavy (non-hydrogen) atoms. The fourth-order valence-corrected chi connectivity index (χ4v) is 3.27. The first-order valence-corrected chi connectivity index (χ1v) is 8.69. The van der Waals surface area contributed by atoms with Crippen molar-refractivity contribution in [2.45, 2.75) is 26.7 Å². The quantitative estimate of drug-likeness (QED) is 0.876. The summed E-state index contributed by atoms with van der Waals surface area (Å²) in [4.78, 5) is 25.3. The van der Waals surface area contributed by atoms with Gasteiger partial charge in [0.05, 0.1) is 17.8 Å². The molecular weight excluding hydrogens is 334 g/mol. The number of hydrogen-bond acceptors (Lipinski definition) is 4. The highest BCUT2D eigenvalue weighted by Crippen LogP contribution is 2.27. The molecular formula is C19H23N3O4. The second-order valence-corrected chi connectivity index (χ2v) is 7.19. The van der Waals surface area contributed by atoms with Gasteiger partial charge in [0.25, 0.3) is 5.91 Å². The van der Waals surface area contributed by atoms with Crippen LogP contribution in [0.3, 0.4) is 0 Å². The molecule has 2 atom stereocenters. The molecule has 1 amide bonds. The summed E-state index contributed by atoms with van der Waals surface area (Å²) in [6, 6.07) is 7.74. The number of benzene rings is 1. The lowest BCUT2D eigenvalue weighted by atomic mass is 9.99. The second-order valence-electron chi connectivity index (χ2n) is 7.19. The molecule has 7 nitrogen and oxygen atoms in total. The Bertz CT molecular complexity index is 826. The fourth-order valence-electron chi connectivity index (χ4n) is 3.27. The van der Waals surface area contributed by atoms with E-state index in [0.717, 1.165) is 5.69 Å². The third-order valence-electron chi connectivity index (χ3n) is 4.94. The number of aromatic hydroxyl groups is 1. The summed E-state index contributed by atoms with van der Waals surface area (Å²) in [5.74, 6) is -1.89. The minimum absolute atomic E-state index is 0.0591. The molecule has 2 heterocycles. The van der Waals surface area contributed by atoms with E-state index in [-0.39, 0.29) is 23.9 Å². The molecule has 138 valence electrons. The van der Waals surface area contributed by atoms with E-state index >= 15 is 0 Å². The van der Waals surface area contributed by atoms with Gasteiger partial charge in [0.15, 0.2) is 11.4 Å². The van der Waals surface area contributed by atoms with Crippen molar-refractivity contribution in [1.29, 1.82) is 0 Å². The molecule has 1 aliphatic heterocycles. The van der Waals surface area contributed by atoms with Gasteiger partial charge in [0.1, 0.15) is 0 Å². The van der Waals surface area contributed by atoms with Crippen LogP contribution >= 0.6 is 0 Å². The molecule has 0 radical (unpaired) electrons. The van der Waals surface area contributed by atoms with Crippen LogP contribution in [0, 0.1) is 11.8 Å². The molecule has 7 heteroatoms. The van der Waals surface area contributed by atoms with Crippen LogP contribution < -0.4 is 0 Å². The molecule has 0 spiro atoms. The van der Waals surface area contributed by atoms with Gasteiger partial charge in [0.2, 0.25) is 0 Å². The first-order chi connectivity index (χ1) is 12.3. The van der Waals surface area contributed by atoms with Crippen LogP contribution in [0.1, 0.15) is 42.7 Å². The molecule has 2 N–H and O–H groups in total. The van der Waals surface area contributed by atoms with Gasteiger partial charge in [-0.1, -0.05) is 32.9 Å². The number of carbonyl (C=O) groups excluding carboxylic acids is 1. The highest BCUT2D eigenvalue weighted by molar-refractivity contribution is 5.95. The second kappa shape index (κ2) is 6.82. The summed E-state index contributed by atoms with van der Waals surface area (Å²) in [5.41, 5.74) is 1.87. The Balaban J connectivity index is 1.82. The van der Waals surface area contributed by atoms with E-state index < -0.39 is 17.8 Å². The summed E-state index contributed by atoms with van der Waals surface area (Å²) < 4.78 is 1.46. The number of carbonyl (C=O) groups is 2. The number of amides is 1. The maximum atomic E-state index is 12.7. The van der Waals surface area contributed by atoms with Crippen LogP contribution in [-0.2, 0) is 4.79 Å². The van der Waals surface area contributed by atoms with Crippen molar-refractivity contribution < 1.29 is 19.8 Å². The molecule has 0 saturated carbocycles. The molecule has 3 rings (SSSR count). The molecule has 2 aromatic rings. The number of aliphatic carboxylic acids is 1. The van der Waals surface area contributed by atoms with Gasteiger partial charge in [-0.05, 0) is 29.5 Å². The maximum Gasteiger partial charge on any atom is 0.308 e. The smallest absolute Gasteiger partial charge is 0.308 e. The van der Waals surface area contributed by atoms with E-state index in [2.05, 4.69) is 18.9 Å². The van der Waals surface area contributed by atoms with Crippen LogP contribution in [0.5, 0.6) is 5.75 Å². The minimum atomic E-state index is -0.909. The third kappa shape index (κ3) is 3.29. The molecule has 1 aromatic heterocycles. The Labute approximate surface area is 151 Å². The molecule has 0 unspecified atom stereocenters. The van der Waals surface area contributed by atoms with Crippen molar-refractivity contribution >= 4 is 11.9 Å². The van der Waals surface area contributed by atoms with E-state index in [0.29, 0.717) is 12.5 Å². The van der Waals surface area contributed by atoms with Crippen molar-refractivity contribution in [2.75, 3.05) is 13.1 Å². The average molecular weight is 357 g/mol. The predicted molar refractivity (Wildman–Crippen MR) is 95.5 cm³/mol. The largest absolute Gasteiger partial charge is 0.504 e. The highest BCUT2D eigenvalue weighted by Gasteiger charge is 2.38. The Morgan fingerprint density at radius 1 is 1.19 bits per heavy atom. The maximum absolute atomic E-state index is 12.7. The van der Waals surface area contributed by atoms with E-state index in [1.807, 2.05) is 24.3 Å². The molecule has 1 fully saturated rings. The van der Waals surface area contributed by atoms with Crippen LogP contribution in [-0.4, -0.2) is 49.9 Å². The number of aromatic nitrogens is 2. The van der Waals surface area contributed by atoms with E-state index in [4.69, 9.17) is 0 Å². The predicted octanol–water partition coefficient (Wildman–Crippen LogP) is 2.49. The summed E-state index contributed by atoms with van der Waals surface area (Å²) >= 11 is 0. The van der Waals surface area contributed by atoms with Gasteiger partial charge in [-0.25, -0.2) is 4.68 Å². The molecule has 1 aromatic carbocycles. The van der Waals surface area contributed by atoms with Crippen LogP contribution in [0.25, 0.3) is 5.69 Å². The summed E-state index contributed by atoms with van der Waals surface area (Å²) in [5, 5.41) is 23.6. The van der Waals surface area contributed by atoms with Gasteiger partial charge in [-0.2, -0.15) is 5.10 Å². The van der Waals surface area contributed by atoms with Crippen molar-refractivity contribution in [3.05, 3.63) is 41.7 Å². The van der Waals surface area contributed by atoms with Gasteiger partial charge in [0, 0.05) is 13.1 Å². The first kappa shape index (κ1) is 18.0. The fraction of sp³-hybridized carbons (Fsp3) is 0.421. The Morgan fingerprint density at radius 2 is 1.85 bits per heavy atom. The zero-order valence-corrected chi connectivity index (χ0v) is 15.1. The number of carboxylic acids is 1. The number of carboxylic acid groups (broad SMARTS) is 1. The topological polar surface area (TPSA) is 95.7 Å². The van der Waals surface area contributed by atoms with Crippen LogP contribution in [0.15, 0.2) is 30.5 Å². The van der Waals surface area contributed by atoms with Gasteiger partial charge in [-0.3, -0.25) is 9.59 Å². The summed E-state index contributed by atoms with van der Waals surface area (Å²) in [6.07, 6.45) is 1.39. The normalized spacial score (nSPS) is 19.9. The van der Waals surface area contributed by atoms with Crippen molar-refractivity contribution in [2.24, 2.45) is 11.8 Å². The van der Waals surface area contributed by atoms with E-state index in [1.54, 1.807) is 6.92 Å².